The number of ether oxygens (including phenoxy) is 2. The van der Waals surface area contributed by atoms with Crippen LogP contribution in [0.15, 0.2) is 53.4 Å². The van der Waals surface area contributed by atoms with Crippen LogP contribution in [0.25, 0.3) is 0 Å². The number of rotatable bonds is 7. The maximum atomic E-state index is 11.6. The van der Waals surface area contributed by atoms with Crippen LogP contribution in [0.4, 0.5) is 10.5 Å². The molecule has 0 aromatic heterocycles. The molecule has 1 amide bonds. The Bertz CT molecular complexity index is 973. The molecule has 30 heavy (non-hydrogen) atoms. The fourth-order valence-electron chi connectivity index (χ4n) is 3.31. The first-order valence-corrected chi connectivity index (χ1v) is 11.8. The molecule has 0 aliphatic carbocycles. The highest BCUT2D eigenvalue weighted by atomic mass is 32.2. The van der Waals surface area contributed by atoms with Crippen LogP contribution in [-0.4, -0.2) is 46.1 Å². The van der Waals surface area contributed by atoms with Crippen LogP contribution in [0.2, 0.25) is 0 Å². The molecule has 1 atom stereocenters. The van der Waals surface area contributed by atoms with Crippen molar-refractivity contribution >= 4 is 21.6 Å². The Morgan fingerprint density at radius 3 is 2.60 bits per heavy atom. The van der Waals surface area contributed by atoms with E-state index in [1.165, 1.54) is 6.26 Å². The van der Waals surface area contributed by atoms with Gasteiger partial charge in [-0.3, -0.25) is 0 Å². The van der Waals surface area contributed by atoms with Crippen molar-refractivity contribution in [3.05, 3.63) is 54.1 Å². The van der Waals surface area contributed by atoms with Crippen LogP contribution < -0.4 is 15.0 Å². The van der Waals surface area contributed by atoms with Gasteiger partial charge in [-0.05, 0) is 55.8 Å². The van der Waals surface area contributed by atoms with Crippen molar-refractivity contribution in [1.82, 2.24) is 5.32 Å². The minimum Gasteiger partial charge on any atom is -0.489 e. The van der Waals surface area contributed by atoms with E-state index in [1.807, 2.05) is 36.4 Å². The zero-order chi connectivity index (χ0) is 21.7. The second-order valence-corrected chi connectivity index (χ2v) is 9.71. The molecule has 0 spiro atoms. The van der Waals surface area contributed by atoms with Gasteiger partial charge in [0.25, 0.3) is 0 Å². The van der Waals surface area contributed by atoms with E-state index in [2.05, 4.69) is 10.2 Å². The lowest BCUT2D eigenvalue weighted by Gasteiger charge is -2.19. The molecular weight excluding hydrogens is 404 g/mol. The molecule has 7 nitrogen and oxygen atoms in total. The minimum absolute atomic E-state index is 0.0358. The van der Waals surface area contributed by atoms with Gasteiger partial charge in [-0.15, -0.1) is 0 Å². The quantitative estimate of drug-likeness (QED) is 0.722. The Hall–Kier alpha value is -2.74. The van der Waals surface area contributed by atoms with Crippen LogP contribution in [0, 0.1) is 0 Å². The van der Waals surface area contributed by atoms with Crippen molar-refractivity contribution in [3.8, 4) is 5.75 Å². The Kier molecular flexibility index (Phi) is 6.87. The molecule has 1 fully saturated rings. The standard InChI is InChI=1S/C22H28N2O5S/c1-16(2)28-22(25)23-14-17-5-4-6-19(13-17)29-20-11-12-24(15-20)18-7-9-21(10-8-18)30(3,26)27/h4-10,13,16,20H,11-12,14-15H2,1-3H3,(H,23,25)/t20-/m0/s1. The van der Waals surface area contributed by atoms with Crippen molar-refractivity contribution < 1.29 is 22.7 Å². The molecular formula is C22H28N2O5S. The highest BCUT2D eigenvalue weighted by molar-refractivity contribution is 7.90. The number of nitrogens with one attached hydrogen (secondary N) is 1. The number of sulfone groups is 1. The third-order valence-corrected chi connectivity index (χ3v) is 5.88. The monoisotopic (exact) mass is 432 g/mol. The number of anilines is 1. The molecule has 1 N–H and O–H groups in total. The lowest BCUT2D eigenvalue weighted by molar-refractivity contribution is 0.115. The molecule has 0 radical (unpaired) electrons. The van der Waals surface area contributed by atoms with E-state index in [1.54, 1.807) is 26.0 Å². The van der Waals surface area contributed by atoms with E-state index in [4.69, 9.17) is 9.47 Å². The first-order chi connectivity index (χ1) is 14.2. The van der Waals surface area contributed by atoms with Crippen LogP contribution >= 0.6 is 0 Å². The Balaban J connectivity index is 1.54. The molecule has 0 unspecified atom stereocenters. The number of hydrogen-bond acceptors (Lipinski definition) is 6. The van der Waals surface area contributed by atoms with Crippen LogP contribution in [0.3, 0.4) is 0 Å². The Morgan fingerprint density at radius 2 is 1.93 bits per heavy atom. The average molecular weight is 433 g/mol. The molecule has 162 valence electrons. The third-order valence-electron chi connectivity index (χ3n) is 4.76. The maximum absolute atomic E-state index is 11.6. The van der Waals surface area contributed by atoms with Gasteiger partial charge < -0.3 is 19.7 Å². The first-order valence-electron chi connectivity index (χ1n) is 9.96. The van der Waals surface area contributed by atoms with E-state index in [0.29, 0.717) is 11.4 Å². The van der Waals surface area contributed by atoms with Gasteiger partial charge in [0.15, 0.2) is 9.84 Å². The topological polar surface area (TPSA) is 84.9 Å². The number of benzene rings is 2. The number of carbonyl (C=O) groups excluding carboxylic acids is 1. The zero-order valence-corrected chi connectivity index (χ0v) is 18.3. The van der Waals surface area contributed by atoms with Gasteiger partial charge in [-0.2, -0.15) is 0 Å². The van der Waals surface area contributed by atoms with Crippen molar-refractivity contribution in [3.63, 3.8) is 0 Å². The second-order valence-electron chi connectivity index (χ2n) is 7.70. The van der Waals surface area contributed by atoms with Crippen molar-refractivity contribution in [2.24, 2.45) is 0 Å². The lowest BCUT2D eigenvalue weighted by Crippen LogP contribution is -2.26. The van der Waals surface area contributed by atoms with Gasteiger partial charge in [-0.1, -0.05) is 12.1 Å². The summed E-state index contributed by atoms with van der Waals surface area (Å²) in [6.07, 6.45) is 1.52. The molecule has 2 aromatic rings. The van der Waals surface area contributed by atoms with Gasteiger partial charge in [-0.25, -0.2) is 13.2 Å². The number of alkyl carbamates (subject to hydrolysis) is 1. The molecule has 1 aliphatic rings. The third kappa shape index (κ3) is 6.13. The maximum Gasteiger partial charge on any atom is 0.407 e. The van der Waals surface area contributed by atoms with Crippen molar-refractivity contribution in [1.29, 1.82) is 0 Å². The summed E-state index contributed by atoms with van der Waals surface area (Å²) < 4.78 is 34.4. The van der Waals surface area contributed by atoms with E-state index in [-0.39, 0.29) is 12.2 Å². The molecule has 1 aliphatic heterocycles. The van der Waals surface area contributed by atoms with Gasteiger partial charge in [0, 0.05) is 31.5 Å². The van der Waals surface area contributed by atoms with E-state index in [9.17, 15) is 13.2 Å². The molecule has 1 saturated heterocycles. The van der Waals surface area contributed by atoms with Crippen molar-refractivity contribution in [2.75, 3.05) is 24.2 Å². The van der Waals surface area contributed by atoms with Crippen LogP contribution in [-0.2, 0) is 21.1 Å². The summed E-state index contributed by atoms with van der Waals surface area (Å²) in [5.41, 5.74) is 1.91. The minimum atomic E-state index is -3.19. The molecule has 1 heterocycles. The second kappa shape index (κ2) is 9.38. The van der Waals surface area contributed by atoms with E-state index in [0.717, 1.165) is 36.5 Å². The number of amides is 1. The summed E-state index contributed by atoms with van der Waals surface area (Å²) in [6.45, 7) is 5.54. The highest BCUT2D eigenvalue weighted by Gasteiger charge is 2.24. The molecule has 0 bridgehead atoms. The molecule has 0 saturated carbocycles. The predicted octanol–water partition coefficient (Wildman–Crippen LogP) is 3.38. The van der Waals surface area contributed by atoms with Gasteiger partial charge in [0.2, 0.25) is 0 Å². The zero-order valence-electron chi connectivity index (χ0n) is 17.5. The fraction of sp³-hybridized carbons (Fsp3) is 0.409. The van der Waals surface area contributed by atoms with Gasteiger partial charge >= 0.3 is 6.09 Å². The first kappa shape index (κ1) is 22.0. The van der Waals surface area contributed by atoms with Crippen molar-refractivity contribution in [2.45, 2.75) is 43.9 Å². The normalized spacial score (nSPS) is 16.5. The fourth-order valence-corrected chi connectivity index (χ4v) is 3.94. The van der Waals surface area contributed by atoms with Crippen LogP contribution in [0.1, 0.15) is 25.8 Å². The number of hydrogen-bond donors (Lipinski definition) is 1. The van der Waals surface area contributed by atoms with Gasteiger partial charge in [0.1, 0.15) is 11.9 Å². The summed E-state index contributed by atoms with van der Waals surface area (Å²) in [7, 11) is -3.19. The SMILES string of the molecule is CC(C)OC(=O)NCc1cccc(O[C@H]2CCN(c3ccc(S(C)(=O)=O)cc3)C2)c1. The lowest BCUT2D eigenvalue weighted by atomic mass is 10.2. The van der Waals surface area contributed by atoms with E-state index >= 15 is 0 Å². The van der Waals surface area contributed by atoms with Crippen LogP contribution in [0.5, 0.6) is 5.75 Å². The van der Waals surface area contributed by atoms with E-state index < -0.39 is 15.9 Å². The average Bonchev–Trinajstić information content (AvgIpc) is 3.14. The predicted molar refractivity (Wildman–Crippen MR) is 116 cm³/mol. The summed E-state index contributed by atoms with van der Waals surface area (Å²) in [4.78, 5) is 14.1. The summed E-state index contributed by atoms with van der Waals surface area (Å²) in [6, 6.07) is 14.6. The van der Waals surface area contributed by atoms with Gasteiger partial charge in [0.05, 0.1) is 17.5 Å². The summed E-state index contributed by atoms with van der Waals surface area (Å²) >= 11 is 0. The summed E-state index contributed by atoms with van der Waals surface area (Å²) in [5, 5.41) is 2.73. The largest absolute Gasteiger partial charge is 0.489 e. The number of nitrogens with zero attached hydrogens (tertiary/aromatic N) is 1. The molecule has 2 aromatic carbocycles. The number of carbonyl (C=O) groups is 1. The molecule has 3 rings (SSSR count). The highest BCUT2D eigenvalue weighted by Crippen LogP contribution is 2.25. The smallest absolute Gasteiger partial charge is 0.407 e. The molecule has 8 heteroatoms. The summed E-state index contributed by atoms with van der Waals surface area (Å²) in [5.74, 6) is 0.755. The Morgan fingerprint density at radius 1 is 1.20 bits per heavy atom. The Labute approximate surface area is 177 Å².